The molecule has 2 aliphatic rings. The molecule has 7 nitrogen and oxygen atoms in total. The molecule has 3 aromatic rings. The van der Waals surface area contributed by atoms with Gasteiger partial charge in [0.1, 0.15) is 25.1 Å². The molecule has 0 fully saturated rings. The maximum absolute atomic E-state index is 12.3. The van der Waals surface area contributed by atoms with Crippen molar-refractivity contribution in [1.29, 1.82) is 0 Å². The number of carbonyl (C=O) groups is 2. The Balaban J connectivity index is 1.09. The summed E-state index contributed by atoms with van der Waals surface area (Å²) in [4.78, 5) is 23.7. The van der Waals surface area contributed by atoms with Crippen LogP contribution in [0.25, 0.3) is 11.1 Å². The molecule has 1 atom stereocenters. The highest BCUT2D eigenvalue weighted by Gasteiger charge is 2.29. The van der Waals surface area contributed by atoms with Gasteiger partial charge in [-0.05, 0) is 52.4 Å². The average Bonchev–Trinajstić information content (AvgIpc) is 3.18. The van der Waals surface area contributed by atoms with Gasteiger partial charge in [-0.15, -0.1) is 0 Å². The Labute approximate surface area is 197 Å². The van der Waals surface area contributed by atoms with E-state index in [2.05, 4.69) is 34.9 Å². The number of aliphatic hydroxyl groups is 1. The standard InChI is InChI=1S/C27H26N2O5/c30-18(15-33-19-10-11-25-17(13-19)9-12-26(31)29-25)14-28-27(32)34-16-24-22-7-3-1-5-20(22)21-6-2-4-8-23(21)24/h1-8,10-11,13,18,24,30H,9,12,14-16H2,(H,28,32)(H,29,31). The zero-order chi connectivity index (χ0) is 23.5. The van der Waals surface area contributed by atoms with E-state index in [0.717, 1.165) is 22.4 Å². The normalized spacial score (nSPS) is 14.9. The number of hydrogen-bond donors (Lipinski definition) is 3. The SMILES string of the molecule is O=C1CCc2cc(OCC(O)CNC(=O)OCC3c4ccccc4-c4ccccc43)ccc2N1. The molecule has 2 amide bonds. The van der Waals surface area contributed by atoms with Crippen LogP contribution in [0.2, 0.25) is 0 Å². The van der Waals surface area contributed by atoms with E-state index in [1.165, 1.54) is 11.1 Å². The molecular weight excluding hydrogens is 432 g/mol. The molecule has 1 heterocycles. The predicted molar refractivity (Wildman–Crippen MR) is 128 cm³/mol. The summed E-state index contributed by atoms with van der Waals surface area (Å²) in [6.07, 6.45) is -0.366. The van der Waals surface area contributed by atoms with Crippen molar-refractivity contribution >= 4 is 17.7 Å². The van der Waals surface area contributed by atoms with Gasteiger partial charge in [0.25, 0.3) is 0 Å². The Morgan fingerprint density at radius 1 is 1.03 bits per heavy atom. The molecule has 1 aliphatic heterocycles. The number of carbonyl (C=O) groups excluding carboxylic acids is 2. The number of fused-ring (bicyclic) bond motifs is 4. The van der Waals surface area contributed by atoms with Crippen LogP contribution in [0.15, 0.2) is 66.7 Å². The third-order valence-corrected chi connectivity index (χ3v) is 6.24. The molecule has 1 unspecified atom stereocenters. The number of nitrogens with one attached hydrogen (secondary N) is 2. The smallest absolute Gasteiger partial charge is 0.407 e. The van der Waals surface area contributed by atoms with Gasteiger partial charge in [-0.2, -0.15) is 0 Å². The Morgan fingerprint density at radius 3 is 2.47 bits per heavy atom. The van der Waals surface area contributed by atoms with Gasteiger partial charge in [0.05, 0.1) is 6.54 Å². The molecule has 0 saturated heterocycles. The second-order valence-corrected chi connectivity index (χ2v) is 8.54. The van der Waals surface area contributed by atoms with Crippen molar-refractivity contribution in [3.05, 3.63) is 83.4 Å². The van der Waals surface area contributed by atoms with Crippen molar-refractivity contribution in [2.75, 3.05) is 25.1 Å². The number of aliphatic hydroxyl groups excluding tert-OH is 1. The highest BCUT2D eigenvalue weighted by Crippen LogP contribution is 2.44. The monoisotopic (exact) mass is 458 g/mol. The van der Waals surface area contributed by atoms with E-state index in [1.807, 2.05) is 30.3 Å². The summed E-state index contributed by atoms with van der Waals surface area (Å²) in [5.74, 6) is 0.603. The fourth-order valence-electron chi connectivity index (χ4n) is 4.55. The summed E-state index contributed by atoms with van der Waals surface area (Å²) >= 11 is 0. The van der Waals surface area contributed by atoms with Crippen LogP contribution < -0.4 is 15.4 Å². The van der Waals surface area contributed by atoms with Crippen molar-refractivity contribution in [3.8, 4) is 16.9 Å². The summed E-state index contributed by atoms with van der Waals surface area (Å²) in [7, 11) is 0. The Morgan fingerprint density at radius 2 is 1.74 bits per heavy atom. The van der Waals surface area contributed by atoms with Crippen LogP contribution in [0.3, 0.4) is 0 Å². The van der Waals surface area contributed by atoms with Gasteiger partial charge in [-0.1, -0.05) is 48.5 Å². The van der Waals surface area contributed by atoms with Crippen LogP contribution in [0.5, 0.6) is 5.75 Å². The van der Waals surface area contributed by atoms with Gasteiger partial charge in [-0.3, -0.25) is 4.79 Å². The first-order valence-electron chi connectivity index (χ1n) is 11.4. The highest BCUT2D eigenvalue weighted by molar-refractivity contribution is 5.94. The maximum Gasteiger partial charge on any atom is 0.407 e. The van der Waals surface area contributed by atoms with Crippen molar-refractivity contribution < 1.29 is 24.2 Å². The van der Waals surface area contributed by atoms with Crippen LogP contribution in [0, 0.1) is 0 Å². The fraction of sp³-hybridized carbons (Fsp3) is 0.259. The van der Waals surface area contributed by atoms with Crippen LogP contribution in [-0.4, -0.2) is 43.0 Å². The van der Waals surface area contributed by atoms with E-state index < -0.39 is 12.2 Å². The summed E-state index contributed by atoms with van der Waals surface area (Å²) in [5.41, 5.74) is 6.43. The van der Waals surface area contributed by atoms with Gasteiger partial charge in [0.2, 0.25) is 5.91 Å². The molecule has 0 saturated carbocycles. The predicted octanol–water partition coefficient (Wildman–Crippen LogP) is 3.85. The molecule has 0 spiro atoms. The maximum atomic E-state index is 12.3. The molecule has 1 aliphatic carbocycles. The number of aryl methyl sites for hydroxylation is 1. The number of anilines is 1. The minimum Gasteiger partial charge on any atom is -0.491 e. The number of alkyl carbamates (subject to hydrolysis) is 1. The summed E-state index contributed by atoms with van der Waals surface area (Å²) in [6, 6.07) is 21.7. The molecule has 0 aromatic heterocycles. The molecule has 3 aromatic carbocycles. The topological polar surface area (TPSA) is 96.9 Å². The average molecular weight is 459 g/mol. The number of amides is 2. The Bertz CT molecular complexity index is 1180. The van der Waals surface area contributed by atoms with Crippen molar-refractivity contribution in [2.24, 2.45) is 0 Å². The number of ether oxygens (including phenoxy) is 2. The van der Waals surface area contributed by atoms with Gasteiger partial charge in [0, 0.05) is 18.0 Å². The molecule has 0 radical (unpaired) electrons. The lowest BCUT2D eigenvalue weighted by molar-refractivity contribution is -0.116. The van der Waals surface area contributed by atoms with Crippen molar-refractivity contribution in [3.63, 3.8) is 0 Å². The van der Waals surface area contributed by atoms with E-state index >= 15 is 0 Å². The van der Waals surface area contributed by atoms with Gasteiger partial charge >= 0.3 is 6.09 Å². The van der Waals surface area contributed by atoms with Crippen LogP contribution in [0.1, 0.15) is 29.0 Å². The third kappa shape index (κ3) is 4.61. The lowest BCUT2D eigenvalue weighted by Crippen LogP contribution is -2.36. The zero-order valence-corrected chi connectivity index (χ0v) is 18.6. The first-order chi connectivity index (χ1) is 16.6. The van der Waals surface area contributed by atoms with E-state index in [4.69, 9.17) is 9.47 Å². The second-order valence-electron chi connectivity index (χ2n) is 8.54. The van der Waals surface area contributed by atoms with Crippen molar-refractivity contribution in [1.82, 2.24) is 5.32 Å². The molecule has 34 heavy (non-hydrogen) atoms. The highest BCUT2D eigenvalue weighted by atomic mass is 16.5. The molecule has 3 N–H and O–H groups in total. The Hall–Kier alpha value is -3.84. The van der Waals surface area contributed by atoms with E-state index in [-0.39, 0.29) is 31.6 Å². The van der Waals surface area contributed by atoms with Gasteiger partial charge < -0.3 is 25.2 Å². The lowest BCUT2D eigenvalue weighted by Gasteiger charge is -2.19. The van der Waals surface area contributed by atoms with E-state index in [1.54, 1.807) is 12.1 Å². The first kappa shape index (κ1) is 22.0. The first-order valence-corrected chi connectivity index (χ1v) is 11.4. The van der Waals surface area contributed by atoms with Gasteiger partial charge in [-0.25, -0.2) is 4.79 Å². The molecule has 7 heteroatoms. The minimum atomic E-state index is -0.892. The second kappa shape index (κ2) is 9.57. The summed E-state index contributed by atoms with van der Waals surface area (Å²) in [5, 5.41) is 15.6. The third-order valence-electron chi connectivity index (χ3n) is 6.24. The zero-order valence-electron chi connectivity index (χ0n) is 18.6. The van der Waals surface area contributed by atoms with E-state index in [0.29, 0.717) is 18.6 Å². The summed E-state index contributed by atoms with van der Waals surface area (Å²) < 4.78 is 11.1. The molecule has 174 valence electrons. The Kier molecular flexibility index (Phi) is 6.18. The van der Waals surface area contributed by atoms with Crippen LogP contribution in [-0.2, 0) is 16.0 Å². The quantitative estimate of drug-likeness (QED) is 0.500. The number of hydrogen-bond acceptors (Lipinski definition) is 5. The van der Waals surface area contributed by atoms with Gasteiger partial charge in [0.15, 0.2) is 0 Å². The molecule has 0 bridgehead atoms. The van der Waals surface area contributed by atoms with E-state index in [9.17, 15) is 14.7 Å². The molecule has 5 rings (SSSR count). The van der Waals surface area contributed by atoms with Crippen LogP contribution >= 0.6 is 0 Å². The largest absolute Gasteiger partial charge is 0.491 e. The van der Waals surface area contributed by atoms with Crippen molar-refractivity contribution in [2.45, 2.75) is 24.9 Å². The summed E-state index contributed by atoms with van der Waals surface area (Å²) in [6.45, 7) is 0.255. The molecular formula is C27H26N2O5. The minimum absolute atomic E-state index is 0.0101. The number of rotatable bonds is 7. The lowest BCUT2D eigenvalue weighted by atomic mass is 9.98. The number of benzene rings is 3. The fourth-order valence-corrected chi connectivity index (χ4v) is 4.55. The van der Waals surface area contributed by atoms with Crippen LogP contribution in [0.4, 0.5) is 10.5 Å².